The van der Waals surface area contributed by atoms with E-state index in [9.17, 15) is 24.3 Å². The standard InChI is InChI=1S/C26H26FN7O5/c1-14(24-31-22(23(35)26(37)33(24)3)25(36)30-18-11-29-39-13-18)21(19-9-17(27)6-5-16(19)10-28)20-12-34(7-8-38-4)32-15(20)2/h5-6,9,11-14,21,35H,7-8H2,1-4H3,(H,30,36)/t14-,21+/m1/s1. The Morgan fingerprint density at radius 2 is 2.13 bits per heavy atom. The maximum atomic E-state index is 14.5. The van der Waals surface area contributed by atoms with Gasteiger partial charge in [-0.15, -0.1) is 0 Å². The average Bonchev–Trinajstić information content (AvgIpc) is 3.56. The van der Waals surface area contributed by atoms with E-state index < -0.39 is 40.6 Å². The zero-order valence-electron chi connectivity index (χ0n) is 21.7. The van der Waals surface area contributed by atoms with Gasteiger partial charge in [-0.1, -0.05) is 12.1 Å². The van der Waals surface area contributed by atoms with Crippen LogP contribution in [0, 0.1) is 24.1 Å². The predicted molar refractivity (Wildman–Crippen MR) is 136 cm³/mol. The number of methoxy groups -OCH3 is 1. The lowest BCUT2D eigenvalue weighted by molar-refractivity contribution is 0.101. The van der Waals surface area contributed by atoms with Crippen molar-refractivity contribution in [2.75, 3.05) is 19.0 Å². The normalized spacial score (nSPS) is 12.6. The van der Waals surface area contributed by atoms with Crippen molar-refractivity contribution in [3.05, 3.63) is 86.9 Å². The minimum absolute atomic E-state index is 0.121. The summed E-state index contributed by atoms with van der Waals surface area (Å²) >= 11 is 0. The molecule has 4 rings (SSSR count). The predicted octanol–water partition coefficient (Wildman–Crippen LogP) is 2.82. The van der Waals surface area contributed by atoms with Gasteiger partial charge in [0.2, 0.25) is 5.75 Å². The van der Waals surface area contributed by atoms with Crippen molar-refractivity contribution in [3.8, 4) is 11.8 Å². The number of rotatable bonds is 9. The first-order valence-corrected chi connectivity index (χ1v) is 11.9. The third-order valence-corrected chi connectivity index (χ3v) is 6.43. The Morgan fingerprint density at radius 3 is 2.79 bits per heavy atom. The highest BCUT2D eigenvalue weighted by Gasteiger charge is 2.33. The molecular weight excluding hydrogens is 509 g/mol. The van der Waals surface area contributed by atoms with Gasteiger partial charge in [0, 0.05) is 37.8 Å². The van der Waals surface area contributed by atoms with Gasteiger partial charge in [0.15, 0.2) is 5.69 Å². The number of nitrogens with zero attached hydrogens (tertiary/aromatic N) is 6. The van der Waals surface area contributed by atoms with E-state index in [4.69, 9.17) is 9.26 Å². The van der Waals surface area contributed by atoms with E-state index in [0.29, 0.717) is 30.0 Å². The van der Waals surface area contributed by atoms with Crippen molar-refractivity contribution in [2.24, 2.45) is 7.05 Å². The largest absolute Gasteiger partial charge is 0.501 e. The zero-order valence-corrected chi connectivity index (χ0v) is 21.7. The second-order valence-electron chi connectivity index (χ2n) is 8.93. The number of ether oxygens (including phenoxy) is 1. The number of amides is 1. The van der Waals surface area contributed by atoms with Crippen molar-refractivity contribution in [1.29, 1.82) is 5.26 Å². The summed E-state index contributed by atoms with van der Waals surface area (Å²) < 4.78 is 27.2. The lowest BCUT2D eigenvalue weighted by Gasteiger charge is -2.26. The molecule has 1 aromatic carbocycles. The number of aromatic nitrogens is 5. The average molecular weight is 536 g/mol. The molecule has 2 atom stereocenters. The molecule has 39 heavy (non-hydrogen) atoms. The number of anilines is 1. The van der Waals surface area contributed by atoms with Gasteiger partial charge in [0.25, 0.3) is 11.5 Å². The van der Waals surface area contributed by atoms with Crippen LogP contribution in [-0.4, -0.2) is 49.2 Å². The molecule has 0 radical (unpaired) electrons. The van der Waals surface area contributed by atoms with Gasteiger partial charge in [-0.25, -0.2) is 9.37 Å². The minimum atomic E-state index is -0.856. The molecule has 4 aromatic rings. The summed E-state index contributed by atoms with van der Waals surface area (Å²) in [5.74, 6) is -3.53. The van der Waals surface area contributed by atoms with E-state index in [2.05, 4.69) is 26.6 Å². The second-order valence-corrected chi connectivity index (χ2v) is 8.93. The Hall–Kier alpha value is -4.83. The Kier molecular flexibility index (Phi) is 7.87. The van der Waals surface area contributed by atoms with Crippen LogP contribution in [0.5, 0.6) is 5.75 Å². The topological polar surface area (TPSA) is 161 Å². The van der Waals surface area contributed by atoms with Crippen LogP contribution < -0.4 is 10.9 Å². The SMILES string of the molecule is COCCn1cc([C@H](c2cc(F)ccc2C#N)[C@@H](C)c2nc(C(=O)Nc3cnoc3)c(O)c(=O)n2C)c(C)n1. The highest BCUT2D eigenvalue weighted by atomic mass is 19.1. The summed E-state index contributed by atoms with van der Waals surface area (Å²) in [6.07, 6.45) is 4.19. The lowest BCUT2D eigenvalue weighted by atomic mass is 9.79. The number of halogens is 1. The summed E-state index contributed by atoms with van der Waals surface area (Å²) in [7, 11) is 2.98. The molecule has 0 spiro atoms. The molecule has 0 unspecified atom stereocenters. The molecule has 3 heterocycles. The number of carbonyl (C=O) groups excluding carboxylic acids is 1. The van der Waals surface area contributed by atoms with Gasteiger partial charge >= 0.3 is 0 Å². The zero-order chi connectivity index (χ0) is 28.3. The number of aryl methyl sites for hydroxylation is 1. The summed E-state index contributed by atoms with van der Waals surface area (Å²) in [6.45, 7) is 4.38. The molecule has 12 nitrogen and oxygen atoms in total. The maximum Gasteiger partial charge on any atom is 0.296 e. The molecule has 1 amide bonds. The first-order valence-electron chi connectivity index (χ1n) is 11.9. The Bertz CT molecular complexity index is 1600. The van der Waals surface area contributed by atoms with Crippen LogP contribution in [-0.2, 0) is 18.3 Å². The molecule has 0 fully saturated rings. The van der Waals surface area contributed by atoms with E-state index >= 15 is 0 Å². The molecule has 0 bridgehead atoms. The molecule has 13 heteroatoms. The van der Waals surface area contributed by atoms with Crippen LogP contribution >= 0.6 is 0 Å². The maximum absolute atomic E-state index is 14.5. The fourth-order valence-electron chi connectivity index (χ4n) is 4.52. The van der Waals surface area contributed by atoms with Crippen LogP contribution in [0.15, 0.2) is 46.2 Å². The summed E-state index contributed by atoms with van der Waals surface area (Å²) in [5.41, 5.74) is 0.708. The number of benzene rings is 1. The fraction of sp³-hybridized carbons (Fsp3) is 0.308. The number of aromatic hydroxyl groups is 1. The number of nitrogens with one attached hydrogen (secondary N) is 1. The highest BCUT2D eigenvalue weighted by Crippen LogP contribution is 2.40. The molecule has 0 aliphatic rings. The number of carbonyl (C=O) groups is 1. The molecular formula is C26H26FN7O5. The van der Waals surface area contributed by atoms with Crippen LogP contribution in [0.1, 0.15) is 57.5 Å². The van der Waals surface area contributed by atoms with E-state index in [1.807, 2.05) is 0 Å². The van der Waals surface area contributed by atoms with Crippen molar-refractivity contribution in [2.45, 2.75) is 32.2 Å². The van der Waals surface area contributed by atoms with E-state index in [-0.39, 0.29) is 17.1 Å². The van der Waals surface area contributed by atoms with Gasteiger partial charge in [-0.05, 0) is 30.7 Å². The van der Waals surface area contributed by atoms with Crippen molar-refractivity contribution in [3.63, 3.8) is 0 Å². The Balaban J connectivity index is 1.89. The van der Waals surface area contributed by atoms with Crippen molar-refractivity contribution < 1.29 is 23.6 Å². The number of hydrogen-bond acceptors (Lipinski definition) is 9. The van der Waals surface area contributed by atoms with E-state index in [1.165, 1.54) is 37.7 Å². The molecule has 0 aliphatic carbocycles. The molecule has 0 saturated carbocycles. The first-order chi connectivity index (χ1) is 18.7. The van der Waals surface area contributed by atoms with Crippen LogP contribution in [0.3, 0.4) is 0 Å². The first kappa shape index (κ1) is 27.2. The summed E-state index contributed by atoms with van der Waals surface area (Å²) in [6, 6.07) is 5.96. The van der Waals surface area contributed by atoms with Gasteiger partial charge in [0.05, 0.1) is 36.7 Å². The van der Waals surface area contributed by atoms with Crippen molar-refractivity contribution >= 4 is 11.6 Å². The number of hydrogen-bond donors (Lipinski definition) is 2. The Labute approximate surface area is 222 Å². The molecule has 3 aromatic heterocycles. The van der Waals surface area contributed by atoms with Gasteiger partial charge in [0.1, 0.15) is 23.6 Å². The van der Waals surface area contributed by atoms with Crippen LogP contribution in [0.25, 0.3) is 0 Å². The van der Waals surface area contributed by atoms with Crippen LogP contribution in [0.2, 0.25) is 0 Å². The smallest absolute Gasteiger partial charge is 0.296 e. The summed E-state index contributed by atoms with van der Waals surface area (Å²) in [4.78, 5) is 30.3. The van der Waals surface area contributed by atoms with Gasteiger partial charge in [-0.3, -0.25) is 18.8 Å². The highest BCUT2D eigenvalue weighted by molar-refractivity contribution is 6.04. The monoisotopic (exact) mass is 535 g/mol. The van der Waals surface area contributed by atoms with Crippen molar-refractivity contribution in [1.82, 2.24) is 24.5 Å². The Morgan fingerprint density at radius 1 is 1.36 bits per heavy atom. The molecule has 202 valence electrons. The third-order valence-electron chi connectivity index (χ3n) is 6.43. The van der Waals surface area contributed by atoms with Crippen LogP contribution in [0.4, 0.5) is 10.1 Å². The van der Waals surface area contributed by atoms with Gasteiger partial charge < -0.3 is 19.7 Å². The molecule has 0 aliphatic heterocycles. The summed E-state index contributed by atoms with van der Waals surface area (Å²) in [5, 5.41) is 30.8. The second kappa shape index (κ2) is 11.3. The molecule has 2 N–H and O–H groups in total. The third kappa shape index (κ3) is 5.41. The molecule has 0 saturated heterocycles. The number of nitriles is 1. The van der Waals surface area contributed by atoms with E-state index in [0.717, 1.165) is 4.57 Å². The minimum Gasteiger partial charge on any atom is -0.501 e. The fourth-order valence-corrected chi connectivity index (χ4v) is 4.52. The quantitative estimate of drug-likeness (QED) is 0.328. The lowest BCUT2D eigenvalue weighted by Crippen LogP contribution is -2.29. The van der Waals surface area contributed by atoms with E-state index in [1.54, 1.807) is 31.8 Å². The van der Waals surface area contributed by atoms with Gasteiger partial charge in [-0.2, -0.15) is 10.4 Å².